The van der Waals surface area contributed by atoms with Gasteiger partial charge in [-0.2, -0.15) is 13.2 Å². The highest BCUT2D eigenvalue weighted by molar-refractivity contribution is 5.99. The summed E-state index contributed by atoms with van der Waals surface area (Å²) in [5, 5.41) is 2.91. The lowest BCUT2D eigenvalue weighted by atomic mass is 9.96. The maximum absolute atomic E-state index is 12.8. The molecule has 1 aromatic carbocycles. The van der Waals surface area contributed by atoms with E-state index in [1.54, 1.807) is 19.2 Å². The smallest absolute Gasteiger partial charge is 0.387 e. The summed E-state index contributed by atoms with van der Waals surface area (Å²) < 4.78 is 38.5. The molecule has 0 spiro atoms. The van der Waals surface area contributed by atoms with Crippen molar-refractivity contribution in [2.75, 3.05) is 25.5 Å². The maximum atomic E-state index is 12.8. The van der Waals surface area contributed by atoms with E-state index in [0.717, 1.165) is 5.56 Å². The largest absolute Gasteiger partial charge is 0.393 e. The van der Waals surface area contributed by atoms with Crippen LogP contribution in [0.5, 0.6) is 0 Å². The molecule has 0 saturated carbocycles. The molecule has 1 heterocycles. The Hall–Kier alpha value is -1.72. The van der Waals surface area contributed by atoms with E-state index in [0.29, 0.717) is 24.2 Å². The van der Waals surface area contributed by atoms with Gasteiger partial charge in [-0.1, -0.05) is 11.6 Å². The Bertz CT molecular complexity index is 528. The number of hydrogen-bond donors (Lipinski definition) is 1. The summed E-state index contributed by atoms with van der Waals surface area (Å²) in [4.78, 5) is 13.8. The lowest BCUT2D eigenvalue weighted by Crippen LogP contribution is -2.44. The van der Waals surface area contributed by atoms with Crippen molar-refractivity contribution < 1.29 is 18.0 Å². The average molecular weight is 300 g/mol. The van der Waals surface area contributed by atoms with Gasteiger partial charge in [-0.25, -0.2) is 0 Å². The lowest BCUT2D eigenvalue weighted by molar-refractivity contribution is -0.184. The summed E-state index contributed by atoms with van der Waals surface area (Å²) in [6, 6.07) is 5.34. The minimum Gasteiger partial charge on any atom is -0.387 e. The number of nitrogens with zero attached hydrogens (tertiary/aromatic N) is 1. The minimum atomic E-state index is -4.24. The van der Waals surface area contributed by atoms with Crippen LogP contribution in [-0.2, 0) is 0 Å². The molecule has 1 amide bonds. The van der Waals surface area contributed by atoms with E-state index in [1.807, 2.05) is 13.0 Å². The number of halogens is 3. The van der Waals surface area contributed by atoms with E-state index in [-0.39, 0.29) is 18.9 Å². The van der Waals surface area contributed by atoms with E-state index < -0.39 is 12.1 Å². The number of hydrogen-bond acceptors (Lipinski definition) is 2. The number of carbonyl (C=O) groups is 1. The molecule has 116 valence electrons. The van der Waals surface area contributed by atoms with Gasteiger partial charge in [0.05, 0.1) is 11.5 Å². The van der Waals surface area contributed by atoms with Gasteiger partial charge in [-0.3, -0.25) is 4.79 Å². The molecule has 0 aliphatic carbocycles. The number of alkyl halides is 3. The van der Waals surface area contributed by atoms with Crippen LogP contribution in [0.3, 0.4) is 0 Å². The molecular weight excluding hydrogens is 281 g/mol. The van der Waals surface area contributed by atoms with Gasteiger partial charge in [-0.15, -0.1) is 0 Å². The van der Waals surface area contributed by atoms with Crippen LogP contribution in [-0.4, -0.2) is 37.1 Å². The number of carbonyl (C=O) groups excluding carboxylic acids is 1. The van der Waals surface area contributed by atoms with Crippen molar-refractivity contribution in [1.82, 2.24) is 4.90 Å². The highest BCUT2D eigenvalue weighted by atomic mass is 19.4. The number of anilines is 1. The van der Waals surface area contributed by atoms with Gasteiger partial charge >= 0.3 is 6.18 Å². The van der Waals surface area contributed by atoms with Crippen LogP contribution < -0.4 is 5.32 Å². The third kappa shape index (κ3) is 3.49. The summed E-state index contributed by atoms with van der Waals surface area (Å²) >= 11 is 0. The van der Waals surface area contributed by atoms with Crippen molar-refractivity contribution in [3.05, 3.63) is 29.3 Å². The van der Waals surface area contributed by atoms with Crippen molar-refractivity contribution in [1.29, 1.82) is 0 Å². The summed E-state index contributed by atoms with van der Waals surface area (Å²) in [6.07, 6.45) is -3.76. The summed E-state index contributed by atoms with van der Waals surface area (Å²) in [6.45, 7) is 1.98. The van der Waals surface area contributed by atoms with Gasteiger partial charge in [-0.05, 0) is 31.9 Å². The number of piperidine rings is 1. The van der Waals surface area contributed by atoms with Gasteiger partial charge in [0.15, 0.2) is 0 Å². The molecule has 1 atom stereocenters. The molecule has 21 heavy (non-hydrogen) atoms. The number of benzene rings is 1. The Labute approximate surface area is 122 Å². The molecule has 0 bridgehead atoms. The number of aryl methyl sites for hydroxylation is 1. The van der Waals surface area contributed by atoms with Crippen molar-refractivity contribution in [2.45, 2.75) is 25.9 Å². The molecular formula is C15H19F3N2O. The van der Waals surface area contributed by atoms with Crippen molar-refractivity contribution >= 4 is 11.6 Å². The Morgan fingerprint density at radius 1 is 1.38 bits per heavy atom. The lowest BCUT2D eigenvalue weighted by Gasteiger charge is -2.34. The van der Waals surface area contributed by atoms with E-state index in [1.165, 1.54) is 4.90 Å². The van der Waals surface area contributed by atoms with Crippen molar-refractivity contribution in [2.24, 2.45) is 5.92 Å². The second kappa shape index (κ2) is 5.95. The van der Waals surface area contributed by atoms with Crippen LogP contribution in [0.25, 0.3) is 0 Å². The zero-order chi connectivity index (χ0) is 15.6. The summed E-state index contributed by atoms with van der Waals surface area (Å²) in [5.74, 6) is -1.75. The molecule has 1 fully saturated rings. The first-order valence-corrected chi connectivity index (χ1v) is 6.97. The summed E-state index contributed by atoms with van der Waals surface area (Å²) in [7, 11) is 1.69. The zero-order valence-corrected chi connectivity index (χ0v) is 12.1. The third-order valence-electron chi connectivity index (χ3n) is 3.85. The fourth-order valence-corrected chi connectivity index (χ4v) is 2.65. The average Bonchev–Trinajstić information content (AvgIpc) is 2.45. The number of amides is 1. The van der Waals surface area contributed by atoms with Crippen LogP contribution in [0.4, 0.5) is 18.9 Å². The fourth-order valence-electron chi connectivity index (χ4n) is 2.65. The number of likely N-dealkylation sites (tertiary alicyclic amines) is 1. The van der Waals surface area contributed by atoms with E-state index in [9.17, 15) is 18.0 Å². The van der Waals surface area contributed by atoms with Crippen molar-refractivity contribution in [3.63, 3.8) is 0 Å². The number of rotatable bonds is 2. The molecule has 2 rings (SSSR count). The zero-order valence-electron chi connectivity index (χ0n) is 12.1. The van der Waals surface area contributed by atoms with Crippen LogP contribution in [0, 0.1) is 12.8 Å². The summed E-state index contributed by atoms with van der Waals surface area (Å²) in [5.41, 5.74) is 1.97. The SMILES string of the molecule is CNc1ccc(C)cc1C(=O)N1CCCC(C(F)(F)F)C1. The van der Waals surface area contributed by atoms with Crippen LogP contribution in [0.2, 0.25) is 0 Å². The third-order valence-corrected chi connectivity index (χ3v) is 3.85. The molecule has 6 heteroatoms. The first-order valence-electron chi connectivity index (χ1n) is 6.97. The van der Waals surface area contributed by atoms with E-state index in [4.69, 9.17) is 0 Å². The fraction of sp³-hybridized carbons (Fsp3) is 0.533. The van der Waals surface area contributed by atoms with Crippen molar-refractivity contribution in [3.8, 4) is 0 Å². The van der Waals surface area contributed by atoms with Crippen LogP contribution in [0.15, 0.2) is 18.2 Å². The number of nitrogens with one attached hydrogen (secondary N) is 1. The van der Waals surface area contributed by atoms with E-state index >= 15 is 0 Å². The standard InChI is InChI=1S/C15H19F3N2O/c1-10-5-6-13(19-2)12(8-10)14(21)20-7-3-4-11(9-20)15(16,17)18/h5-6,8,11,19H,3-4,7,9H2,1-2H3. The molecule has 0 radical (unpaired) electrons. The second-order valence-corrected chi connectivity index (χ2v) is 5.43. The molecule has 0 aromatic heterocycles. The van der Waals surface area contributed by atoms with Gasteiger partial charge in [0.2, 0.25) is 0 Å². The molecule has 1 aliphatic heterocycles. The Balaban J connectivity index is 2.22. The van der Waals surface area contributed by atoms with Gasteiger partial charge in [0, 0.05) is 25.8 Å². The first-order chi connectivity index (χ1) is 9.82. The Morgan fingerprint density at radius 2 is 2.10 bits per heavy atom. The van der Waals surface area contributed by atoms with Crippen LogP contribution in [0.1, 0.15) is 28.8 Å². The van der Waals surface area contributed by atoms with Gasteiger partial charge in [0.25, 0.3) is 5.91 Å². The molecule has 1 aromatic rings. The predicted molar refractivity (Wildman–Crippen MR) is 75.4 cm³/mol. The van der Waals surface area contributed by atoms with Crippen LogP contribution >= 0.6 is 0 Å². The molecule has 1 saturated heterocycles. The highest BCUT2D eigenvalue weighted by Gasteiger charge is 2.42. The van der Waals surface area contributed by atoms with E-state index in [2.05, 4.69) is 5.32 Å². The Morgan fingerprint density at radius 3 is 2.71 bits per heavy atom. The topological polar surface area (TPSA) is 32.3 Å². The normalized spacial score (nSPS) is 19.5. The monoisotopic (exact) mass is 300 g/mol. The first kappa shape index (κ1) is 15.7. The molecule has 1 unspecified atom stereocenters. The maximum Gasteiger partial charge on any atom is 0.393 e. The second-order valence-electron chi connectivity index (χ2n) is 5.43. The minimum absolute atomic E-state index is 0.0972. The Kier molecular flexibility index (Phi) is 4.44. The molecule has 3 nitrogen and oxygen atoms in total. The predicted octanol–water partition coefficient (Wildman–Crippen LogP) is 3.45. The molecule has 1 N–H and O–H groups in total. The van der Waals surface area contributed by atoms with Gasteiger partial charge < -0.3 is 10.2 Å². The van der Waals surface area contributed by atoms with Gasteiger partial charge in [0.1, 0.15) is 0 Å². The quantitative estimate of drug-likeness (QED) is 0.907. The molecule has 1 aliphatic rings. The highest BCUT2D eigenvalue weighted by Crippen LogP contribution is 2.34.